The molecular formula is C21H17ClF3N3O3. The van der Waals surface area contributed by atoms with E-state index in [0.29, 0.717) is 11.6 Å². The number of nitrogens with one attached hydrogen (secondary N) is 1. The fourth-order valence-corrected chi connectivity index (χ4v) is 2.94. The van der Waals surface area contributed by atoms with Gasteiger partial charge in [-0.2, -0.15) is 13.2 Å². The fraction of sp³-hybridized carbons (Fsp3) is 0.190. The zero-order chi connectivity index (χ0) is 22.6. The molecule has 1 N–H and O–H groups in total. The quantitative estimate of drug-likeness (QED) is 0.591. The van der Waals surface area contributed by atoms with Gasteiger partial charge >= 0.3 is 6.18 Å². The van der Waals surface area contributed by atoms with E-state index in [-0.39, 0.29) is 18.7 Å². The Morgan fingerprint density at radius 2 is 1.87 bits per heavy atom. The highest BCUT2D eigenvalue weighted by molar-refractivity contribution is 6.31. The molecule has 0 spiro atoms. The number of hydrogen-bond donors (Lipinski definition) is 1. The number of likely N-dealkylation sites (N-methyl/N-ethyl adjacent to an activating group) is 1. The molecule has 162 valence electrons. The summed E-state index contributed by atoms with van der Waals surface area (Å²) in [5, 5.41) is 1.86. The number of hydrogen-bond acceptors (Lipinski definition) is 4. The molecule has 10 heteroatoms. The van der Waals surface area contributed by atoms with Gasteiger partial charge in [0.05, 0.1) is 29.2 Å². The second-order valence-corrected chi connectivity index (χ2v) is 7.08. The lowest BCUT2D eigenvalue weighted by Crippen LogP contribution is -2.35. The van der Waals surface area contributed by atoms with Crippen molar-refractivity contribution in [3.8, 4) is 11.5 Å². The summed E-state index contributed by atoms with van der Waals surface area (Å²) in [6.07, 6.45) is -3.39. The predicted octanol–water partition coefficient (Wildman–Crippen LogP) is 4.65. The molecule has 0 atom stereocenters. The minimum absolute atomic E-state index is 0.0772. The summed E-state index contributed by atoms with van der Waals surface area (Å²) in [5.41, 5.74) is 0.0157. The van der Waals surface area contributed by atoms with Gasteiger partial charge in [-0.3, -0.25) is 9.59 Å². The van der Waals surface area contributed by atoms with Crippen LogP contribution in [0.4, 0.5) is 18.9 Å². The first-order valence-electron chi connectivity index (χ1n) is 9.04. The van der Waals surface area contributed by atoms with E-state index in [4.69, 9.17) is 16.0 Å². The van der Waals surface area contributed by atoms with Crippen LogP contribution in [0.25, 0.3) is 11.5 Å². The van der Waals surface area contributed by atoms with Gasteiger partial charge in [-0.1, -0.05) is 29.8 Å². The number of nitrogens with zero attached hydrogens (tertiary/aromatic N) is 2. The number of halogens is 4. The SMILES string of the molecule is CN(CC(=O)Nc1ccc(Cl)c(C(F)(F)F)c1)C(=O)Cc1coc(-c2ccccc2)n1. The number of carbonyl (C=O) groups excluding carboxylic acids is 2. The second-order valence-electron chi connectivity index (χ2n) is 6.68. The summed E-state index contributed by atoms with van der Waals surface area (Å²) in [6, 6.07) is 12.2. The summed E-state index contributed by atoms with van der Waals surface area (Å²) in [4.78, 5) is 29.9. The van der Waals surface area contributed by atoms with Crippen molar-refractivity contribution in [1.82, 2.24) is 9.88 Å². The first kappa shape index (κ1) is 22.4. The Labute approximate surface area is 180 Å². The van der Waals surface area contributed by atoms with Crippen LogP contribution >= 0.6 is 11.6 Å². The lowest BCUT2D eigenvalue weighted by atomic mass is 10.2. The second kappa shape index (κ2) is 9.22. The number of alkyl halides is 3. The summed E-state index contributed by atoms with van der Waals surface area (Å²) in [5.74, 6) is -0.696. The molecule has 3 rings (SSSR count). The zero-order valence-corrected chi connectivity index (χ0v) is 17.0. The number of oxazole rings is 1. The van der Waals surface area contributed by atoms with E-state index in [9.17, 15) is 22.8 Å². The predicted molar refractivity (Wildman–Crippen MR) is 108 cm³/mol. The smallest absolute Gasteiger partial charge is 0.417 e. The van der Waals surface area contributed by atoms with E-state index in [0.717, 1.165) is 22.6 Å². The molecule has 2 amide bonds. The Balaban J connectivity index is 1.58. The fourth-order valence-electron chi connectivity index (χ4n) is 2.72. The molecule has 0 aliphatic heterocycles. The zero-order valence-electron chi connectivity index (χ0n) is 16.2. The van der Waals surface area contributed by atoms with Crippen molar-refractivity contribution in [1.29, 1.82) is 0 Å². The normalized spacial score (nSPS) is 11.3. The number of amides is 2. The van der Waals surface area contributed by atoms with Gasteiger partial charge in [-0.15, -0.1) is 0 Å². The summed E-state index contributed by atoms with van der Waals surface area (Å²) in [6.45, 7) is -0.355. The van der Waals surface area contributed by atoms with Crippen molar-refractivity contribution >= 4 is 29.1 Å². The molecule has 0 fully saturated rings. The summed E-state index contributed by atoms with van der Waals surface area (Å²) in [7, 11) is 1.41. The Hall–Kier alpha value is -3.33. The van der Waals surface area contributed by atoms with Crippen LogP contribution < -0.4 is 5.32 Å². The van der Waals surface area contributed by atoms with Crippen molar-refractivity contribution in [2.45, 2.75) is 12.6 Å². The standard InChI is InChI=1S/C21H17ClF3N3O3/c1-28(11-18(29)26-14-7-8-17(22)16(9-14)21(23,24)25)19(30)10-15-12-31-20(27-15)13-5-3-2-4-6-13/h2-9,12H,10-11H2,1H3,(H,26,29). The van der Waals surface area contributed by atoms with Gasteiger partial charge in [0.2, 0.25) is 17.7 Å². The van der Waals surface area contributed by atoms with Crippen LogP contribution in [-0.2, 0) is 22.2 Å². The maximum Gasteiger partial charge on any atom is 0.417 e. The van der Waals surface area contributed by atoms with E-state index in [1.807, 2.05) is 30.3 Å². The van der Waals surface area contributed by atoms with E-state index in [1.54, 1.807) is 0 Å². The third-order valence-electron chi connectivity index (χ3n) is 4.27. The van der Waals surface area contributed by atoms with Gasteiger partial charge in [0.15, 0.2) is 0 Å². The first-order chi connectivity index (χ1) is 14.6. The van der Waals surface area contributed by atoms with Crippen molar-refractivity contribution in [2.75, 3.05) is 18.9 Å². The van der Waals surface area contributed by atoms with E-state index in [2.05, 4.69) is 10.3 Å². The number of carbonyl (C=O) groups is 2. The molecule has 0 unspecified atom stereocenters. The highest BCUT2D eigenvalue weighted by Gasteiger charge is 2.33. The van der Waals surface area contributed by atoms with Gasteiger partial charge in [-0.25, -0.2) is 4.98 Å². The molecule has 0 aliphatic rings. The molecule has 0 radical (unpaired) electrons. The third kappa shape index (κ3) is 5.85. The Morgan fingerprint density at radius 1 is 1.16 bits per heavy atom. The van der Waals surface area contributed by atoms with E-state index in [1.165, 1.54) is 19.4 Å². The number of aromatic nitrogens is 1. The van der Waals surface area contributed by atoms with Gasteiger partial charge in [0.25, 0.3) is 0 Å². The number of rotatable bonds is 6. The first-order valence-corrected chi connectivity index (χ1v) is 9.41. The van der Waals surface area contributed by atoms with E-state index < -0.39 is 28.6 Å². The minimum atomic E-state index is -4.65. The molecule has 0 bridgehead atoms. The van der Waals surface area contributed by atoms with Crippen LogP contribution in [0.3, 0.4) is 0 Å². The molecule has 2 aromatic carbocycles. The van der Waals surface area contributed by atoms with Crippen LogP contribution in [0, 0.1) is 0 Å². The molecule has 1 heterocycles. The highest BCUT2D eigenvalue weighted by Crippen LogP contribution is 2.36. The van der Waals surface area contributed by atoms with Crippen molar-refractivity contribution in [3.05, 3.63) is 71.1 Å². The van der Waals surface area contributed by atoms with Crippen molar-refractivity contribution in [3.63, 3.8) is 0 Å². The van der Waals surface area contributed by atoms with Gasteiger partial charge < -0.3 is 14.6 Å². The van der Waals surface area contributed by atoms with E-state index >= 15 is 0 Å². The number of benzene rings is 2. The average Bonchev–Trinajstić information content (AvgIpc) is 3.17. The van der Waals surface area contributed by atoms with Crippen LogP contribution in [0.5, 0.6) is 0 Å². The Bertz CT molecular complexity index is 1080. The van der Waals surface area contributed by atoms with Crippen molar-refractivity contribution < 1.29 is 27.2 Å². The van der Waals surface area contributed by atoms with Gasteiger partial charge in [-0.05, 0) is 30.3 Å². The molecule has 0 saturated heterocycles. The molecule has 31 heavy (non-hydrogen) atoms. The van der Waals surface area contributed by atoms with Crippen LogP contribution in [0.2, 0.25) is 5.02 Å². The van der Waals surface area contributed by atoms with Crippen LogP contribution in [0.1, 0.15) is 11.3 Å². The maximum absolute atomic E-state index is 12.9. The molecule has 0 aliphatic carbocycles. The monoisotopic (exact) mass is 451 g/mol. The van der Waals surface area contributed by atoms with Crippen molar-refractivity contribution in [2.24, 2.45) is 0 Å². The maximum atomic E-state index is 12.9. The Kier molecular flexibility index (Phi) is 6.65. The topological polar surface area (TPSA) is 75.4 Å². The molecule has 6 nitrogen and oxygen atoms in total. The van der Waals surface area contributed by atoms with Crippen LogP contribution in [0.15, 0.2) is 59.2 Å². The number of anilines is 1. The highest BCUT2D eigenvalue weighted by atomic mass is 35.5. The lowest BCUT2D eigenvalue weighted by Gasteiger charge is -2.17. The van der Waals surface area contributed by atoms with Gasteiger partial charge in [0.1, 0.15) is 6.26 Å². The van der Waals surface area contributed by atoms with Crippen LogP contribution in [-0.4, -0.2) is 35.3 Å². The average molecular weight is 452 g/mol. The minimum Gasteiger partial charge on any atom is -0.444 e. The molecule has 1 aromatic heterocycles. The summed E-state index contributed by atoms with van der Waals surface area (Å²) < 4.78 is 44.2. The molecule has 3 aromatic rings. The molecule has 0 saturated carbocycles. The lowest BCUT2D eigenvalue weighted by molar-refractivity contribution is -0.137. The molecular weight excluding hydrogens is 435 g/mol. The summed E-state index contributed by atoms with van der Waals surface area (Å²) >= 11 is 5.56. The Morgan fingerprint density at radius 3 is 2.55 bits per heavy atom. The van der Waals surface area contributed by atoms with Gasteiger partial charge in [0, 0.05) is 18.3 Å². The largest absolute Gasteiger partial charge is 0.444 e. The third-order valence-corrected chi connectivity index (χ3v) is 4.60.